The molecule has 0 spiro atoms. The summed E-state index contributed by atoms with van der Waals surface area (Å²) >= 11 is 0. The highest BCUT2D eigenvalue weighted by atomic mass is 35.5. The van der Waals surface area contributed by atoms with Crippen molar-refractivity contribution in [2.45, 2.75) is 52.0 Å². The third kappa shape index (κ3) is 2.29. The van der Waals surface area contributed by atoms with E-state index in [-0.39, 0.29) is 17.8 Å². The summed E-state index contributed by atoms with van der Waals surface area (Å²) in [7, 11) is 0. The number of amides is 1. The Kier molecular flexibility index (Phi) is 4.46. The maximum Gasteiger partial charge on any atom is 0.230 e. The lowest BCUT2D eigenvalue weighted by Gasteiger charge is -2.41. The van der Waals surface area contributed by atoms with Crippen molar-refractivity contribution in [3.8, 4) is 0 Å². The van der Waals surface area contributed by atoms with E-state index in [1.807, 2.05) is 0 Å². The van der Waals surface area contributed by atoms with Crippen molar-refractivity contribution in [3.05, 3.63) is 0 Å². The zero-order chi connectivity index (χ0) is 12.8. The number of carbonyl (C=O) groups is 1. The normalized spacial score (nSPS) is 41.8. The van der Waals surface area contributed by atoms with Gasteiger partial charge in [-0.1, -0.05) is 19.8 Å². The summed E-state index contributed by atoms with van der Waals surface area (Å²) in [5, 5.41) is 3.49. The number of fused-ring (bicyclic) bond motifs is 1. The average Bonchev–Trinajstić information content (AvgIpc) is 2.95. The molecule has 1 amide bonds. The largest absolute Gasteiger partial charge is 0.339 e. The molecule has 2 unspecified atom stereocenters. The number of halogens is 1. The molecule has 0 aromatic heterocycles. The first-order chi connectivity index (χ1) is 8.65. The summed E-state index contributed by atoms with van der Waals surface area (Å²) in [6, 6.07) is 0.440. The molecule has 0 aromatic rings. The molecule has 0 bridgehead atoms. The van der Waals surface area contributed by atoms with Gasteiger partial charge in [0.2, 0.25) is 5.91 Å². The molecule has 4 heteroatoms. The third-order valence-corrected chi connectivity index (χ3v) is 5.87. The van der Waals surface area contributed by atoms with Crippen LogP contribution >= 0.6 is 12.4 Å². The molecule has 19 heavy (non-hydrogen) atoms. The van der Waals surface area contributed by atoms with Gasteiger partial charge in [0, 0.05) is 19.1 Å². The predicted molar refractivity (Wildman–Crippen MR) is 79.5 cm³/mol. The van der Waals surface area contributed by atoms with E-state index in [0.29, 0.717) is 23.8 Å². The molecule has 2 saturated heterocycles. The highest BCUT2D eigenvalue weighted by molar-refractivity contribution is 5.85. The van der Waals surface area contributed by atoms with Crippen molar-refractivity contribution in [1.82, 2.24) is 10.2 Å². The molecule has 1 saturated carbocycles. The van der Waals surface area contributed by atoms with Gasteiger partial charge in [-0.15, -0.1) is 12.4 Å². The molecule has 1 N–H and O–H groups in total. The topological polar surface area (TPSA) is 32.3 Å². The van der Waals surface area contributed by atoms with E-state index >= 15 is 0 Å². The minimum atomic E-state index is -0.0451. The second kappa shape index (κ2) is 5.61. The van der Waals surface area contributed by atoms with E-state index in [0.717, 1.165) is 26.1 Å². The summed E-state index contributed by atoms with van der Waals surface area (Å²) < 4.78 is 0. The Labute approximate surface area is 122 Å². The van der Waals surface area contributed by atoms with Crippen molar-refractivity contribution in [2.75, 3.05) is 19.6 Å². The Morgan fingerprint density at radius 2 is 2.05 bits per heavy atom. The van der Waals surface area contributed by atoms with Crippen molar-refractivity contribution in [2.24, 2.45) is 17.3 Å². The molecule has 3 fully saturated rings. The number of hydrogen-bond donors (Lipinski definition) is 1. The number of nitrogens with one attached hydrogen (secondary N) is 1. The quantitative estimate of drug-likeness (QED) is 0.803. The highest BCUT2D eigenvalue weighted by Crippen LogP contribution is 2.46. The van der Waals surface area contributed by atoms with E-state index in [1.165, 1.54) is 25.7 Å². The molecular formula is C15H27ClN2O. The van der Waals surface area contributed by atoms with Crippen LogP contribution in [0.4, 0.5) is 0 Å². The number of likely N-dealkylation sites (tertiary alicyclic amines) is 1. The molecule has 3 nitrogen and oxygen atoms in total. The zero-order valence-electron chi connectivity index (χ0n) is 12.2. The van der Waals surface area contributed by atoms with Gasteiger partial charge in [0.05, 0.1) is 5.41 Å². The van der Waals surface area contributed by atoms with Crippen LogP contribution in [-0.4, -0.2) is 36.5 Å². The maximum atomic E-state index is 13.0. The summed E-state index contributed by atoms with van der Waals surface area (Å²) in [5.41, 5.74) is -0.0451. The Morgan fingerprint density at radius 1 is 1.26 bits per heavy atom. The molecule has 2 heterocycles. The Bertz CT molecular complexity index is 349. The minimum absolute atomic E-state index is 0. The lowest BCUT2D eigenvalue weighted by Crippen LogP contribution is -2.51. The van der Waals surface area contributed by atoms with Crippen molar-refractivity contribution >= 4 is 18.3 Å². The molecule has 3 aliphatic rings. The number of nitrogens with zero attached hydrogens (tertiary/aromatic N) is 1. The van der Waals surface area contributed by atoms with Crippen molar-refractivity contribution in [1.29, 1.82) is 0 Å². The monoisotopic (exact) mass is 286 g/mol. The lowest BCUT2D eigenvalue weighted by molar-refractivity contribution is -0.146. The van der Waals surface area contributed by atoms with Crippen LogP contribution in [0.1, 0.15) is 46.0 Å². The summed E-state index contributed by atoms with van der Waals surface area (Å²) in [6.45, 7) is 7.47. The number of hydrogen-bond acceptors (Lipinski definition) is 2. The van der Waals surface area contributed by atoms with Gasteiger partial charge in [0.15, 0.2) is 0 Å². The van der Waals surface area contributed by atoms with Crippen LogP contribution in [0.15, 0.2) is 0 Å². The molecule has 110 valence electrons. The molecular weight excluding hydrogens is 260 g/mol. The van der Waals surface area contributed by atoms with Crippen LogP contribution in [0, 0.1) is 17.3 Å². The van der Waals surface area contributed by atoms with E-state index in [4.69, 9.17) is 0 Å². The van der Waals surface area contributed by atoms with E-state index in [1.54, 1.807) is 0 Å². The molecule has 0 aromatic carbocycles. The molecule has 2 aliphatic heterocycles. The lowest BCUT2D eigenvalue weighted by atomic mass is 9.67. The van der Waals surface area contributed by atoms with Gasteiger partial charge < -0.3 is 10.2 Å². The molecule has 1 aliphatic carbocycles. The fourth-order valence-corrected chi connectivity index (χ4v) is 4.34. The SMILES string of the molecule is CC1CCN(C(=O)[C@@]23CCCC[C@H]2CNC3)C1C.Cl. The maximum absolute atomic E-state index is 13.0. The molecule has 0 radical (unpaired) electrons. The summed E-state index contributed by atoms with van der Waals surface area (Å²) in [6.07, 6.45) is 6.09. The van der Waals surface area contributed by atoms with Gasteiger partial charge in [-0.05, 0) is 44.6 Å². The number of rotatable bonds is 1. The van der Waals surface area contributed by atoms with Gasteiger partial charge in [-0.3, -0.25) is 4.79 Å². The first-order valence-electron chi connectivity index (χ1n) is 7.67. The Morgan fingerprint density at radius 3 is 2.74 bits per heavy atom. The average molecular weight is 287 g/mol. The summed E-state index contributed by atoms with van der Waals surface area (Å²) in [4.78, 5) is 15.2. The Balaban J connectivity index is 0.00000133. The van der Waals surface area contributed by atoms with Crippen LogP contribution in [0.2, 0.25) is 0 Å². The van der Waals surface area contributed by atoms with E-state index in [9.17, 15) is 4.79 Å². The van der Waals surface area contributed by atoms with Gasteiger partial charge in [-0.2, -0.15) is 0 Å². The van der Waals surface area contributed by atoms with Gasteiger partial charge in [-0.25, -0.2) is 0 Å². The third-order valence-electron chi connectivity index (χ3n) is 5.87. The first-order valence-corrected chi connectivity index (χ1v) is 7.67. The minimum Gasteiger partial charge on any atom is -0.339 e. The first kappa shape index (κ1) is 15.1. The Hall–Kier alpha value is -0.280. The smallest absolute Gasteiger partial charge is 0.230 e. The second-order valence-corrected chi connectivity index (χ2v) is 6.73. The van der Waals surface area contributed by atoms with Gasteiger partial charge in [0.1, 0.15) is 0 Å². The summed E-state index contributed by atoms with van der Waals surface area (Å²) in [5.74, 6) is 1.73. The standard InChI is InChI=1S/C15H26N2O.ClH/c1-11-6-8-17(12(11)2)14(18)15-7-4-3-5-13(15)9-16-10-15;/h11-13,16H,3-10H2,1-2H3;1H/t11?,12?,13-,15+;/m0./s1. The number of carbonyl (C=O) groups excluding carboxylic acids is 1. The zero-order valence-corrected chi connectivity index (χ0v) is 13.0. The van der Waals surface area contributed by atoms with Gasteiger partial charge >= 0.3 is 0 Å². The van der Waals surface area contributed by atoms with Crippen LogP contribution in [0.3, 0.4) is 0 Å². The van der Waals surface area contributed by atoms with E-state index < -0.39 is 0 Å². The molecule has 3 rings (SSSR count). The second-order valence-electron chi connectivity index (χ2n) is 6.73. The van der Waals surface area contributed by atoms with Crippen LogP contribution in [0.5, 0.6) is 0 Å². The predicted octanol–water partition coefficient (Wildman–Crippen LogP) is 2.44. The van der Waals surface area contributed by atoms with Crippen molar-refractivity contribution < 1.29 is 4.79 Å². The van der Waals surface area contributed by atoms with Crippen LogP contribution < -0.4 is 5.32 Å². The fraction of sp³-hybridized carbons (Fsp3) is 0.933. The van der Waals surface area contributed by atoms with Gasteiger partial charge in [0.25, 0.3) is 0 Å². The molecule has 4 atom stereocenters. The van der Waals surface area contributed by atoms with Crippen LogP contribution in [0.25, 0.3) is 0 Å². The highest BCUT2D eigenvalue weighted by Gasteiger charge is 2.52. The fourth-order valence-electron chi connectivity index (χ4n) is 4.34. The van der Waals surface area contributed by atoms with E-state index in [2.05, 4.69) is 24.1 Å². The van der Waals surface area contributed by atoms with Crippen molar-refractivity contribution in [3.63, 3.8) is 0 Å². The van der Waals surface area contributed by atoms with Crippen LogP contribution in [-0.2, 0) is 4.79 Å².